The molecule has 1 fully saturated rings. The standard InChI is InChI=1S/C15H18N4O/c16-19-15-10-13(11-5-2-1-3-6-11)17-14(18-15)9-12-7-4-8-20-12/h1-3,5-6,10,12H,4,7-9,16H2,(H,17,18,19). The third kappa shape index (κ3) is 2.95. The fourth-order valence-electron chi connectivity index (χ4n) is 2.43. The van der Waals surface area contributed by atoms with Crippen molar-refractivity contribution in [3.8, 4) is 11.3 Å². The zero-order valence-corrected chi connectivity index (χ0v) is 11.2. The molecule has 3 N–H and O–H groups in total. The van der Waals surface area contributed by atoms with Crippen molar-refractivity contribution in [3.63, 3.8) is 0 Å². The molecule has 1 atom stereocenters. The molecule has 5 heteroatoms. The summed E-state index contributed by atoms with van der Waals surface area (Å²) in [5.41, 5.74) is 4.54. The number of nitrogens with one attached hydrogen (secondary N) is 1. The van der Waals surface area contributed by atoms with Crippen LogP contribution in [0.2, 0.25) is 0 Å². The van der Waals surface area contributed by atoms with Gasteiger partial charge in [0.05, 0.1) is 11.8 Å². The van der Waals surface area contributed by atoms with Crippen molar-refractivity contribution in [2.75, 3.05) is 12.0 Å². The Morgan fingerprint density at radius 3 is 2.80 bits per heavy atom. The molecule has 0 aliphatic carbocycles. The number of aromatic nitrogens is 2. The maximum atomic E-state index is 5.64. The number of hydrogen-bond donors (Lipinski definition) is 2. The number of anilines is 1. The van der Waals surface area contributed by atoms with Crippen LogP contribution >= 0.6 is 0 Å². The first kappa shape index (κ1) is 13.0. The van der Waals surface area contributed by atoms with Crippen LogP contribution in [0.4, 0.5) is 5.82 Å². The lowest BCUT2D eigenvalue weighted by Crippen LogP contribution is -2.15. The van der Waals surface area contributed by atoms with Gasteiger partial charge in [-0.15, -0.1) is 0 Å². The molecule has 2 aromatic rings. The van der Waals surface area contributed by atoms with Gasteiger partial charge >= 0.3 is 0 Å². The number of benzene rings is 1. The molecule has 0 bridgehead atoms. The molecular formula is C15H18N4O. The molecule has 20 heavy (non-hydrogen) atoms. The molecule has 5 nitrogen and oxygen atoms in total. The third-order valence-electron chi connectivity index (χ3n) is 3.42. The van der Waals surface area contributed by atoms with E-state index in [1.165, 1.54) is 0 Å². The van der Waals surface area contributed by atoms with Gasteiger partial charge in [0.1, 0.15) is 11.6 Å². The maximum absolute atomic E-state index is 5.64. The minimum atomic E-state index is 0.228. The summed E-state index contributed by atoms with van der Waals surface area (Å²) < 4.78 is 5.64. The van der Waals surface area contributed by atoms with Crippen molar-refractivity contribution >= 4 is 5.82 Å². The Kier molecular flexibility index (Phi) is 3.90. The summed E-state index contributed by atoms with van der Waals surface area (Å²) in [5.74, 6) is 6.90. The predicted octanol–water partition coefficient (Wildman–Crippen LogP) is 2.15. The molecule has 1 aromatic heterocycles. The van der Waals surface area contributed by atoms with Gasteiger partial charge in [-0.1, -0.05) is 30.3 Å². The average Bonchev–Trinajstić information content (AvgIpc) is 3.00. The lowest BCUT2D eigenvalue weighted by molar-refractivity contribution is 0.110. The number of nitrogens with zero attached hydrogens (tertiary/aromatic N) is 2. The largest absolute Gasteiger partial charge is 0.378 e. The summed E-state index contributed by atoms with van der Waals surface area (Å²) in [4.78, 5) is 9.04. The van der Waals surface area contributed by atoms with Crippen LogP contribution in [-0.2, 0) is 11.2 Å². The Bertz CT molecular complexity index is 567. The van der Waals surface area contributed by atoms with E-state index in [0.29, 0.717) is 5.82 Å². The van der Waals surface area contributed by atoms with Crippen LogP contribution in [0, 0.1) is 0 Å². The first-order valence-electron chi connectivity index (χ1n) is 6.87. The van der Waals surface area contributed by atoms with Gasteiger partial charge in [-0.3, -0.25) is 0 Å². The topological polar surface area (TPSA) is 73.1 Å². The molecule has 1 aromatic carbocycles. The van der Waals surface area contributed by atoms with Crippen molar-refractivity contribution in [1.29, 1.82) is 0 Å². The Morgan fingerprint density at radius 2 is 2.10 bits per heavy atom. The van der Waals surface area contributed by atoms with Gasteiger partial charge in [-0.25, -0.2) is 15.8 Å². The van der Waals surface area contributed by atoms with Gasteiger partial charge < -0.3 is 10.2 Å². The number of ether oxygens (including phenoxy) is 1. The number of nitrogen functional groups attached to an aromatic ring is 1. The van der Waals surface area contributed by atoms with Crippen LogP contribution in [0.5, 0.6) is 0 Å². The zero-order valence-electron chi connectivity index (χ0n) is 11.2. The number of nitrogens with two attached hydrogens (primary N) is 1. The number of rotatable bonds is 4. The highest BCUT2D eigenvalue weighted by Crippen LogP contribution is 2.21. The maximum Gasteiger partial charge on any atom is 0.144 e. The van der Waals surface area contributed by atoms with E-state index >= 15 is 0 Å². The van der Waals surface area contributed by atoms with Gasteiger partial charge in [0.15, 0.2) is 0 Å². The number of hydrazine groups is 1. The Balaban J connectivity index is 1.90. The molecular weight excluding hydrogens is 252 g/mol. The van der Waals surface area contributed by atoms with Crippen LogP contribution in [0.25, 0.3) is 11.3 Å². The highest BCUT2D eigenvalue weighted by Gasteiger charge is 2.18. The molecule has 0 amide bonds. The van der Waals surface area contributed by atoms with Crippen molar-refractivity contribution in [2.45, 2.75) is 25.4 Å². The molecule has 1 unspecified atom stereocenters. The monoisotopic (exact) mass is 270 g/mol. The molecule has 0 radical (unpaired) electrons. The van der Waals surface area contributed by atoms with E-state index in [1.54, 1.807) is 0 Å². The quantitative estimate of drug-likeness (QED) is 0.658. The van der Waals surface area contributed by atoms with E-state index in [1.807, 2.05) is 36.4 Å². The van der Waals surface area contributed by atoms with Crippen LogP contribution < -0.4 is 11.3 Å². The second kappa shape index (κ2) is 5.98. The van der Waals surface area contributed by atoms with Crippen molar-refractivity contribution < 1.29 is 4.74 Å². The smallest absolute Gasteiger partial charge is 0.144 e. The zero-order chi connectivity index (χ0) is 13.8. The van der Waals surface area contributed by atoms with E-state index in [2.05, 4.69) is 15.4 Å². The first-order chi connectivity index (χ1) is 9.85. The van der Waals surface area contributed by atoms with E-state index in [0.717, 1.165) is 43.0 Å². The molecule has 1 saturated heterocycles. The lowest BCUT2D eigenvalue weighted by atomic mass is 10.1. The van der Waals surface area contributed by atoms with E-state index < -0.39 is 0 Å². The molecule has 1 aliphatic rings. The summed E-state index contributed by atoms with van der Waals surface area (Å²) in [5, 5.41) is 0. The molecule has 0 saturated carbocycles. The van der Waals surface area contributed by atoms with Gasteiger partial charge in [0, 0.05) is 24.7 Å². The van der Waals surface area contributed by atoms with Crippen molar-refractivity contribution in [2.24, 2.45) is 5.84 Å². The van der Waals surface area contributed by atoms with E-state index in [4.69, 9.17) is 10.6 Å². The van der Waals surface area contributed by atoms with Crippen LogP contribution in [0.15, 0.2) is 36.4 Å². The van der Waals surface area contributed by atoms with Crippen LogP contribution in [-0.4, -0.2) is 22.7 Å². The van der Waals surface area contributed by atoms with E-state index in [-0.39, 0.29) is 6.10 Å². The first-order valence-corrected chi connectivity index (χ1v) is 6.87. The van der Waals surface area contributed by atoms with Gasteiger partial charge in [0.25, 0.3) is 0 Å². The Labute approximate surface area is 118 Å². The fraction of sp³-hybridized carbons (Fsp3) is 0.333. The predicted molar refractivity (Wildman–Crippen MR) is 78.0 cm³/mol. The summed E-state index contributed by atoms with van der Waals surface area (Å²) >= 11 is 0. The molecule has 1 aliphatic heterocycles. The minimum Gasteiger partial charge on any atom is -0.378 e. The SMILES string of the molecule is NNc1cc(-c2ccccc2)nc(CC2CCCO2)n1. The van der Waals surface area contributed by atoms with Crippen LogP contribution in [0.3, 0.4) is 0 Å². The summed E-state index contributed by atoms with van der Waals surface area (Å²) in [6, 6.07) is 11.9. The van der Waals surface area contributed by atoms with Crippen LogP contribution in [0.1, 0.15) is 18.7 Å². The summed E-state index contributed by atoms with van der Waals surface area (Å²) in [6.45, 7) is 0.838. The molecule has 2 heterocycles. The van der Waals surface area contributed by atoms with Crippen molar-refractivity contribution in [1.82, 2.24) is 9.97 Å². The summed E-state index contributed by atoms with van der Waals surface area (Å²) in [6.07, 6.45) is 3.15. The fourth-order valence-corrected chi connectivity index (χ4v) is 2.43. The highest BCUT2D eigenvalue weighted by atomic mass is 16.5. The minimum absolute atomic E-state index is 0.228. The normalized spacial score (nSPS) is 18.1. The van der Waals surface area contributed by atoms with Gasteiger partial charge in [-0.2, -0.15) is 0 Å². The second-order valence-corrected chi connectivity index (χ2v) is 4.90. The van der Waals surface area contributed by atoms with Gasteiger partial charge in [-0.05, 0) is 12.8 Å². The lowest BCUT2D eigenvalue weighted by Gasteiger charge is -2.11. The highest BCUT2D eigenvalue weighted by molar-refractivity contribution is 5.62. The molecule has 104 valence electrons. The van der Waals surface area contributed by atoms with Gasteiger partial charge in [0.2, 0.25) is 0 Å². The van der Waals surface area contributed by atoms with E-state index in [9.17, 15) is 0 Å². The number of hydrogen-bond acceptors (Lipinski definition) is 5. The third-order valence-corrected chi connectivity index (χ3v) is 3.42. The molecule has 0 spiro atoms. The Morgan fingerprint density at radius 1 is 1.25 bits per heavy atom. The Hall–Kier alpha value is -1.98. The summed E-state index contributed by atoms with van der Waals surface area (Å²) in [7, 11) is 0. The molecule has 3 rings (SSSR count). The van der Waals surface area contributed by atoms with Crippen molar-refractivity contribution in [3.05, 3.63) is 42.2 Å². The second-order valence-electron chi connectivity index (χ2n) is 4.90. The average molecular weight is 270 g/mol.